The number of carbonyl (C=O) groups excluding carboxylic acids is 2. The van der Waals surface area contributed by atoms with Gasteiger partial charge in [0.15, 0.2) is 5.78 Å². The van der Waals surface area contributed by atoms with E-state index in [1.54, 1.807) is 42.2 Å². The van der Waals surface area contributed by atoms with E-state index < -0.39 is 10.0 Å². The Morgan fingerprint density at radius 3 is 2.31 bits per heavy atom. The Morgan fingerprint density at radius 2 is 1.67 bits per heavy atom. The van der Waals surface area contributed by atoms with E-state index in [0.29, 0.717) is 41.4 Å². The lowest BCUT2D eigenvalue weighted by Crippen LogP contribution is -2.38. The van der Waals surface area contributed by atoms with Crippen molar-refractivity contribution in [3.63, 3.8) is 0 Å². The van der Waals surface area contributed by atoms with E-state index >= 15 is 0 Å². The predicted octanol–water partition coefficient (Wildman–Crippen LogP) is 4.89. The lowest BCUT2D eigenvalue weighted by Gasteiger charge is -2.32. The average Bonchev–Trinajstić information content (AvgIpc) is 2.89. The second kappa shape index (κ2) is 10.3. The molecule has 0 radical (unpaired) electrons. The molecule has 3 aromatic rings. The quantitative estimate of drug-likeness (QED) is 0.484. The number of hydrogen-bond donors (Lipinski definition) is 1. The van der Waals surface area contributed by atoms with Crippen LogP contribution >= 0.6 is 0 Å². The number of benzene rings is 3. The van der Waals surface area contributed by atoms with Crippen molar-refractivity contribution in [2.45, 2.75) is 37.5 Å². The van der Waals surface area contributed by atoms with Crippen LogP contribution in [0.4, 0.5) is 5.69 Å². The molecule has 1 heterocycles. The fourth-order valence-corrected chi connectivity index (χ4v) is 5.86. The number of piperidine rings is 1. The van der Waals surface area contributed by atoms with Gasteiger partial charge in [-0.3, -0.25) is 14.3 Å². The summed E-state index contributed by atoms with van der Waals surface area (Å²) in [7, 11) is -4.04. The Balaban J connectivity index is 1.49. The van der Waals surface area contributed by atoms with Gasteiger partial charge in [0.05, 0.1) is 22.2 Å². The minimum Gasteiger partial charge on any atom is -0.339 e. The van der Waals surface area contributed by atoms with E-state index in [1.165, 1.54) is 24.6 Å². The summed E-state index contributed by atoms with van der Waals surface area (Å²) in [6.07, 6.45) is 1.62. The number of rotatable bonds is 6. The highest BCUT2D eigenvalue weighted by molar-refractivity contribution is 7.92. The summed E-state index contributed by atoms with van der Waals surface area (Å²) in [4.78, 5) is 26.9. The van der Waals surface area contributed by atoms with Crippen LogP contribution in [0.15, 0.2) is 71.6 Å². The zero-order chi connectivity index (χ0) is 25.9. The predicted molar refractivity (Wildman–Crippen MR) is 137 cm³/mol. The molecule has 1 fully saturated rings. The zero-order valence-corrected chi connectivity index (χ0v) is 21.0. The van der Waals surface area contributed by atoms with Crippen LogP contribution in [-0.2, 0) is 10.0 Å². The third-order valence-electron chi connectivity index (χ3n) is 6.58. The lowest BCUT2D eigenvalue weighted by atomic mass is 9.89. The summed E-state index contributed by atoms with van der Waals surface area (Å²) in [6, 6.07) is 20.7. The molecular weight excluding hydrogens is 474 g/mol. The van der Waals surface area contributed by atoms with Crippen molar-refractivity contribution in [2.24, 2.45) is 0 Å². The van der Waals surface area contributed by atoms with Crippen LogP contribution in [0, 0.1) is 18.3 Å². The lowest BCUT2D eigenvalue weighted by molar-refractivity contribution is 0.0713. The third kappa shape index (κ3) is 5.31. The van der Waals surface area contributed by atoms with Crippen LogP contribution in [0.3, 0.4) is 0 Å². The van der Waals surface area contributed by atoms with Crippen LogP contribution in [0.25, 0.3) is 0 Å². The van der Waals surface area contributed by atoms with Gasteiger partial charge >= 0.3 is 0 Å². The van der Waals surface area contributed by atoms with Crippen molar-refractivity contribution in [1.82, 2.24) is 4.90 Å². The molecule has 0 unspecified atom stereocenters. The number of ketones is 1. The van der Waals surface area contributed by atoms with E-state index in [-0.39, 0.29) is 22.1 Å². The number of sulfonamides is 1. The van der Waals surface area contributed by atoms with Crippen molar-refractivity contribution < 1.29 is 18.0 Å². The van der Waals surface area contributed by atoms with Crippen molar-refractivity contribution in [2.75, 3.05) is 17.8 Å². The molecule has 0 saturated carbocycles. The van der Waals surface area contributed by atoms with Gasteiger partial charge in [-0.25, -0.2) is 8.42 Å². The van der Waals surface area contributed by atoms with Gasteiger partial charge in [0, 0.05) is 24.2 Å². The van der Waals surface area contributed by atoms with Crippen molar-refractivity contribution in [3.05, 3.63) is 94.5 Å². The third-order valence-corrected chi connectivity index (χ3v) is 8.00. The Bertz CT molecular complexity index is 1450. The van der Waals surface area contributed by atoms with Crippen LogP contribution in [0.5, 0.6) is 0 Å². The smallest absolute Gasteiger partial charge is 0.262 e. The summed E-state index contributed by atoms with van der Waals surface area (Å²) in [5, 5.41) is 8.99. The molecule has 1 amide bonds. The molecule has 7 nitrogen and oxygen atoms in total. The molecule has 1 aliphatic rings. The molecule has 1 N–H and O–H groups in total. The average molecular weight is 502 g/mol. The van der Waals surface area contributed by atoms with Crippen molar-refractivity contribution in [3.8, 4) is 6.07 Å². The summed E-state index contributed by atoms with van der Waals surface area (Å²) < 4.78 is 28.8. The molecular formula is C28H27N3O4S. The van der Waals surface area contributed by atoms with E-state index in [0.717, 1.165) is 12.8 Å². The van der Waals surface area contributed by atoms with Gasteiger partial charge in [-0.05, 0) is 74.1 Å². The fourth-order valence-electron chi connectivity index (χ4n) is 4.48. The number of hydrogen-bond acceptors (Lipinski definition) is 5. The fraction of sp³-hybridized carbons (Fsp3) is 0.250. The summed E-state index contributed by atoms with van der Waals surface area (Å²) in [6.45, 7) is 4.25. The number of likely N-dealkylation sites (tertiary alicyclic amines) is 1. The number of Topliss-reactive ketones (excluding diaryl/α,β-unsaturated/α-hetero) is 1. The van der Waals surface area contributed by atoms with E-state index in [1.807, 2.05) is 24.3 Å². The summed E-state index contributed by atoms with van der Waals surface area (Å²) >= 11 is 0. The topological polar surface area (TPSA) is 107 Å². The molecule has 0 aliphatic carbocycles. The molecule has 8 heteroatoms. The minimum atomic E-state index is -4.04. The van der Waals surface area contributed by atoms with Gasteiger partial charge in [-0.1, -0.05) is 36.4 Å². The number of anilines is 1. The summed E-state index contributed by atoms with van der Waals surface area (Å²) in [5.74, 6) is -0.178. The number of nitrogens with zero attached hydrogens (tertiary/aromatic N) is 2. The summed E-state index contributed by atoms with van der Waals surface area (Å²) in [5.41, 5.74) is 3.26. The molecule has 0 bridgehead atoms. The molecule has 36 heavy (non-hydrogen) atoms. The van der Waals surface area contributed by atoms with E-state index in [9.17, 15) is 18.0 Å². The SMILES string of the molecule is CC(=O)c1ccccc1S(=O)(=O)Nc1cc(C(=O)N2CCC(c3ccc(C#N)cc3)CC2)ccc1C. The molecule has 0 atom stereocenters. The first-order valence-corrected chi connectivity index (χ1v) is 13.2. The maximum Gasteiger partial charge on any atom is 0.262 e. The normalized spacial score (nSPS) is 14.2. The minimum absolute atomic E-state index is 0.0986. The number of nitrogens with one attached hydrogen (secondary N) is 1. The Labute approximate surface area is 211 Å². The van der Waals surface area contributed by atoms with Gasteiger partial charge in [-0.15, -0.1) is 0 Å². The number of nitriles is 1. The Morgan fingerprint density at radius 1 is 1.00 bits per heavy atom. The molecule has 0 aromatic heterocycles. The second-order valence-electron chi connectivity index (χ2n) is 8.99. The van der Waals surface area contributed by atoms with Crippen LogP contribution in [-0.4, -0.2) is 38.1 Å². The van der Waals surface area contributed by atoms with Crippen LogP contribution < -0.4 is 4.72 Å². The number of carbonyl (C=O) groups is 2. The highest BCUT2D eigenvalue weighted by atomic mass is 32.2. The molecule has 0 spiro atoms. The molecule has 184 valence electrons. The van der Waals surface area contributed by atoms with Gasteiger partial charge in [0.2, 0.25) is 0 Å². The molecule has 4 rings (SSSR count). The standard InChI is InChI=1S/C28H27N3O4S/c1-19-7-10-24(17-26(19)30-36(34,35)27-6-4-3-5-25(27)20(2)32)28(33)31-15-13-23(14-16-31)22-11-8-21(18-29)9-12-22/h3-12,17,23,30H,13-16H2,1-2H3. The monoisotopic (exact) mass is 501 g/mol. The van der Waals surface area contributed by atoms with E-state index in [4.69, 9.17) is 5.26 Å². The maximum atomic E-state index is 13.2. The maximum absolute atomic E-state index is 13.2. The largest absolute Gasteiger partial charge is 0.339 e. The van der Waals surface area contributed by atoms with Crippen molar-refractivity contribution >= 4 is 27.4 Å². The van der Waals surface area contributed by atoms with Crippen molar-refractivity contribution in [1.29, 1.82) is 5.26 Å². The number of aryl methyl sites for hydroxylation is 1. The van der Waals surface area contributed by atoms with Gasteiger partial charge < -0.3 is 4.90 Å². The van der Waals surface area contributed by atoms with Gasteiger partial charge in [0.25, 0.3) is 15.9 Å². The van der Waals surface area contributed by atoms with Crippen LogP contribution in [0.1, 0.15) is 63.1 Å². The highest BCUT2D eigenvalue weighted by Crippen LogP contribution is 2.30. The first kappa shape index (κ1) is 25.1. The molecule has 3 aromatic carbocycles. The Kier molecular flexibility index (Phi) is 7.22. The molecule has 1 saturated heterocycles. The van der Waals surface area contributed by atoms with Gasteiger partial charge in [0.1, 0.15) is 0 Å². The molecule has 1 aliphatic heterocycles. The van der Waals surface area contributed by atoms with Crippen LogP contribution in [0.2, 0.25) is 0 Å². The zero-order valence-electron chi connectivity index (χ0n) is 20.2. The van der Waals surface area contributed by atoms with E-state index in [2.05, 4.69) is 10.8 Å². The van der Waals surface area contributed by atoms with Gasteiger partial charge in [-0.2, -0.15) is 5.26 Å². The Hall–Kier alpha value is -3.96. The number of amides is 1. The second-order valence-corrected chi connectivity index (χ2v) is 10.6. The highest BCUT2D eigenvalue weighted by Gasteiger charge is 2.26. The first-order valence-electron chi connectivity index (χ1n) is 11.7. The first-order chi connectivity index (χ1) is 17.2.